The summed E-state index contributed by atoms with van der Waals surface area (Å²) < 4.78 is 11.2. The molecular weight excluding hydrogens is 306 g/mol. The van der Waals surface area contributed by atoms with Gasteiger partial charge in [-0.25, -0.2) is 4.99 Å². The van der Waals surface area contributed by atoms with Gasteiger partial charge in [0.25, 0.3) is 0 Å². The molecule has 1 aromatic rings. The summed E-state index contributed by atoms with van der Waals surface area (Å²) in [5.41, 5.74) is 8.39. The second kappa shape index (κ2) is 8.52. The first-order valence-corrected chi connectivity index (χ1v) is 7.99. The molecule has 1 aromatic carbocycles. The molecule has 0 bridgehead atoms. The molecule has 1 aliphatic heterocycles. The number of ether oxygens (including phenoxy) is 2. The van der Waals surface area contributed by atoms with Gasteiger partial charge in [0.1, 0.15) is 18.4 Å². The van der Waals surface area contributed by atoms with Crippen LogP contribution in [0.2, 0.25) is 0 Å². The van der Waals surface area contributed by atoms with Crippen LogP contribution in [0, 0.1) is 18.3 Å². The van der Waals surface area contributed by atoms with Gasteiger partial charge in [-0.15, -0.1) is 0 Å². The van der Waals surface area contributed by atoms with Crippen LogP contribution in [-0.4, -0.2) is 69.7 Å². The fourth-order valence-electron chi connectivity index (χ4n) is 2.52. The van der Waals surface area contributed by atoms with Crippen LogP contribution in [0.15, 0.2) is 11.1 Å². The van der Waals surface area contributed by atoms with E-state index in [1.54, 1.807) is 17.3 Å². The van der Waals surface area contributed by atoms with E-state index in [4.69, 9.17) is 15.2 Å². The lowest BCUT2D eigenvalue weighted by molar-refractivity contribution is 0.0322. The van der Waals surface area contributed by atoms with E-state index in [-0.39, 0.29) is 0 Å². The first-order valence-electron chi connectivity index (χ1n) is 7.99. The Morgan fingerprint density at radius 2 is 2.17 bits per heavy atom. The predicted molar refractivity (Wildman–Crippen MR) is 94.9 cm³/mol. The highest BCUT2D eigenvalue weighted by molar-refractivity contribution is 5.74. The van der Waals surface area contributed by atoms with E-state index >= 15 is 0 Å². The lowest BCUT2D eigenvalue weighted by atomic mass is 10.1. The smallest absolute Gasteiger partial charge is 0.146 e. The topological polar surface area (TPSA) is 87.1 Å². The molecule has 1 heterocycles. The van der Waals surface area contributed by atoms with Crippen molar-refractivity contribution in [2.45, 2.75) is 6.92 Å². The number of nitriles is 1. The molecule has 130 valence electrons. The summed E-state index contributed by atoms with van der Waals surface area (Å²) in [6, 6.07) is 3.89. The number of benzene rings is 1. The number of aliphatic imine (C=N–C) groups is 1. The molecule has 0 aliphatic carbocycles. The van der Waals surface area contributed by atoms with Gasteiger partial charge < -0.3 is 20.1 Å². The van der Waals surface area contributed by atoms with E-state index in [1.807, 2.05) is 21.0 Å². The lowest BCUT2D eigenvalue weighted by Gasteiger charge is -2.26. The standard InChI is InChI=1S/C17H25N5O2/c1-13-14(11-18)16(20-12-21(2)3)10-15(19)17(13)24-9-6-22-4-7-23-8-5-22/h10,12H,4-9,19H2,1-3H3/b20-12+. The summed E-state index contributed by atoms with van der Waals surface area (Å²) in [4.78, 5) is 8.41. The quantitative estimate of drug-likeness (QED) is 0.481. The Kier molecular flexibility index (Phi) is 6.41. The van der Waals surface area contributed by atoms with Crippen molar-refractivity contribution in [3.8, 4) is 11.8 Å². The number of morpholine rings is 1. The van der Waals surface area contributed by atoms with Crippen LogP contribution >= 0.6 is 0 Å². The molecule has 7 nitrogen and oxygen atoms in total. The molecule has 2 rings (SSSR count). The molecule has 0 atom stereocenters. The van der Waals surface area contributed by atoms with Gasteiger partial charge in [0.2, 0.25) is 0 Å². The molecule has 7 heteroatoms. The van der Waals surface area contributed by atoms with E-state index in [9.17, 15) is 5.26 Å². The van der Waals surface area contributed by atoms with E-state index in [1.165, 1.54) is 0 Å². The van der Waals surface area contributed by atoms with Crippen LogP contribution < -0.4 is 10.5 Å². The van der Waals surface area contributed by atoms with Crippen LogP contribution in [0.4, 0.5) is 11.4 Å². The average Bonchev–Trinajstić information content (AvgIpc) is 2.56. The SMILES string of the molecule is Cc1c(C#N)c(/N=C/N(C)C)cc(N)c1OCCN1CCOCC1. The van der Waals surface area contributed by atoms with Gasteiger partial charge in [-0.2, -0.15) is 5.26 Å². The van der Waals surface area contributed by atoms with Crippen LogP contribution in [0.5, 0.6) is 5.75 Å². The van der Waals surface area contributed by atoms with E-state index in [2.05, 4.69) is 16.0 Å². The Bertz CT molecular complexity index is 631. The fourth-order valence-corrected chi connectivity index (χ4v) is 2.52. The molecule has 1 saturated heterocycles. The molecular formula is C17H25N5O2. The summed E-state index contributed by atoms with van der Waals surface area (Å²) in [7, 11) is 3.74. The molecule has 24 heavy (non-hydrogen) atoms. The van der Waals surface area contributed by atoms with Crippen LogP contribution in [0.3, 0.4) is 0 Å². The van der Waals surface area contributed by atoms with Gasteiger partial charge in [0.15, 0.2) is 0 Å². The average molecular weight is 331 g/mol. The van der Waals surface area contributed by atoms with Crippen LogP contribution in [-0.2, 0) is 4.74 Å². The Labute approximate surface area is 143 Å². The molecule has 1 fully saturated rings. The van der Waals surface area contributed by atoms with E-state index in [0.29, 0.717) is 29.3 Å². The summed E-state index contributed by atoms with van der Waals surface area (Å²) in [5.74, 6) is 0.573. The molecule has 0 saturated carbocycles. The van der Waals surface area contributed by atoms with Crippen molar-refractivity contribution >= 4 is 17.7 Å². The van der Waals surface area contributed by atoms with E-state index in [0.717, 1.165) is 38.4 Å². The number of hydrogen-bond acceptors (Lipinski definition) is 6. The highest BCUT2D eigenvalue weighted by atomic mass is 16.5. The van der Waals surface area contributed by atoms with Crippen molar-refractivity contribution < 1.29 is 9.47 Å². The maximum Gasteiger partial charge on any atom is 0.146 e. The van der Waals surface area contributed by atoms with Gasteiger partial charge in [-0.3, -0.25) is 4.90 Å². The molecule has 0 amide bonds. The van der Waals surface area contributed by atoms with Gasteiger partial charge in [0, 0.05) is 39.3 Å². The molecule has 0 radical (unpaired) electrons. The van der Waals surface area contributed by atoms with E-state index < -0.39 is 0 Å². The summed E-state index contributed by atoms with van der Waals surface area (Å²) >= 11 is 0. The van der Waals surface area contributed by atoms with Gasteiger partial charge >= 0.3 is 0 Å². The fraction of sp³-hybridized carbons (Fsp3) is 0.529. The normalized spacial score (nSPS) is 15.4. The molecule has 0 unspecified atom stereocenters. The highest BCUT2D eigenvalue weighted by Crippen LogP contribution is 2.35. The van der Waals surface area contributed by atoms with Crippen molar-refractivity contribution in [3.63, 3.8) is 0 Å². The Hall–Kier alpha value is -2.30. The zero-order valence-electron chi connectivity index (χ0n) is 14.6. The number of hydrogen-bond donors (Lipinski definition) is 1. The summed E-state index contributed by atoms with van der Waals surface area (Å²) in [6.07, 6.45) is 1.65. The third kappa shape index (κ3) is 4.60. The van der Waals surface area contributed by atoms with Crippen LogP contribution in [0.1, 0.15) is 11.1 Å². The van der Waals surface area contributed by atoms with Crippen molar-refractivity contribution in [2.24, 2.45) is 4.99 Å². The largest absolute Gasteiger partial charge is 0.490 e. The molecule has 2 N–H and O–H groups in total. The lowest BCUT2D eigenvalue weighted by Crippen LogP contribution is -2.38. The Balaban J connectivity index is 2.11. The van der Waals surface area contributed by atoms with Gasteiger partial charge in [0.05, 0.1) is 36.5 Å². The number of anilines is 1. The number of nitrogens with two attached hydrogens (primary N) is 1. The number of nitrogen functional groups attached to an aromatic ring is 1. The Morgan fingerprint density at radius 3 is 2.79 bits per heavy atom. The van der Waals surface area contributed by atoms with Crippen molar-refractivity contribution in [3.05, 3.63) is 17.2 Å². The molecule has 1 aliphatic rings. The van der Waals surface area contributed by atoms with Crippen molar-refractivity contribution in [1.82, 2.24) is 9.80 Å². The third-order valence-electron chi connectivity index (χ3n) is 3.82. The monoisotopic (exact) mass is 331 g/mol. The van der Waals surface area contributed by atoms with Gasteiger partial charge in [-0.1, -0.05) is 0 Å². The maximum absolute atomic E-state index is 9.45. The molecule has 0 spiro atoms. The first kappa shape index (κ1) is 18.0. The van der Waals surface area contributed by atoms with Crippen molar-refractivity contribution in [2.75, 3.05) is 59.3 Å². The minimum atomic E-state index is 0.490. The van der Waals surface area contributed by atoms with Crippen molar-refractivity contribution in [1.29, 1.82) is 5.26 Å². The second-order valence-electron chi connectivity index (χ2n) is 5.94. The Morgan fingerprint density at radius 1 is 1.46 bits per heavy atom. The zero-order chi connectivity index (χ0) is 17.5. The maximum atomic E-state index is 9.45. The second-order valence-corrected chi connectivity index (χ2v) is 5.94. The zero-order valence-corrected chi connectivity index (χ0v) is 14.6. The third-order valence-corrected chi connectivity index (χ3v) is 3.82. The predicted octanol–water partition coefficient (Wildman–Crippen LogP) is 1.38. The number of nitrogens with zero attached hydrogens (tertiary/aromatic N) is 4. The summed E-state index contributed by atoms with van der Waals surface area (Å²) in [6.45, 7) is 6.53. The first-order chi connectivity index (χ1) is 11.5. The minimum absolute atomic E-state index is 0.490. The highest BCUT2D eigenvalue weighted by Gasteiger charge is 2.16. The molecule has 0 aromatic heterocycles. The minimum Gasteiger partial charge on any atom is -0.490 e. The van der Waals surface area contributed by atoms with Crippen LogP contribution in [0.25, 0.3) is 0 Å². The van der Waals surface area contributed by atoms with Gasteiger partial charge in [-0.05, 0) is 13.0 Å². The number of rotatable bonds is 6. The summed E-state index contributed by atoms with van der Waals surface area (Å²) in [5, 5.41) is 9.45.